The minimum atomic E-state index is -0.0206. The normalized spacial score (nSPS) is 19.5. The highest BCUT2D eigenvalue weighted by atomic mass is 32.2. The maximum Gasteiger partial charge on any atom is 0.232 e. The first-order valence-electron chi connectivity index (χ1n) is 6.62. The van der Waals surface area contributed by atoms with E-state index in [2.05, 4.69) is 17.0 Å². The number of oxime groups is 1. The molecule has 6 nitrogen and oxygen atoms in total. The lowest BCUT2D eigenvalue weighted by atomic mass is 10.1. The van der Waals surface area contributed by atoms with Crippen LogP contribution in [-0.4, -0.2) is 71.0 Å². The highest BCUT2D eigenvalue weighted by Gasteiger charge is 2.27. The number of hydrogen-bond donors (Lipinski definition) is 2. The number of piperazine rings is 1. The molecule has 0 aromatic rings. The van der Waals surface area contributed by atoms with E-state index in [1.54, 1.807) is 11.8 Å². The number of thioether (sulfide) groups is 1. The van der Waals surface area contributed by atoms with Gasteiger partial charge in [0.2, 0.25) is 5.91 Å². The Balaban J connectivity index is 2.53. The van der Waals surface area contributed by atoms with Crippen LogP contribution in [0.25, 0.3) is 0 Å². The SMILES string of the molecule is CCCC(C(N)=NO)N1CCN(C(=O)CSC)CC1. The van der Waals surface area contributed by atoms with Crippen molar-refractivity contribution in [2.24, 2.45) is 10.9 Å². The van der Waals surface area contributed by atoms with Gasteiger partial charge in [0.05, 0.1) is 11.8 Å². The van der Waals surface area contributed by atoms with E-state index < -0.39 is 0 Å². The average Bonchev–Trinajstić information content (AvgIpc) is 2.44. The van der Waals surface area contributed by atoms with Crippen LogP contribution in [0.3, 0.4) is 0 Å². The molecule has 0 bridgehead atoms. The maximum absolute atomic E-state index is 11.8. The minimum Gasteiger partial charge on any atom is -0.409 e. The van der Waals surface area contributed by atoms with Crippen molar-refractivity contribution in [3.8, 4) is 0 Å². The molecule has 0 saturated carbocycles. The van der Waals surface area contributed by atoms with E-state index in [0.29, 0.717) is 5.75 Å². The van der Waals surface area contributed by atoms with Gasteiger partial charge in [-0.1, -0.05) is 18.5 Å². The zero-order valence-corrected chi connectivity index (χ0v) is 12.5. The third-order valence-corrected chi connectivity index (χ3v) is 3.93. The lowest BCUT2D eigenvalue weighted by Gasteiger charge is -2.38. The topological polar surface area (TPSA) is 82.2 Å². The number of nitrogens with two attached hydrogens (primary N) is 1. The first-order valence-corrected chi connectivity index (χ1v) is 8.01. The van der Waals surface area contributed by atoms with Crippen LogP contribution in [0, 0.1) is 0 Å². The monoisotopic (exact) mass is 288 g/mol. The van der Waals surface area contributed by atoms with E-state index in [9.17, 15) is 4.79 Å². The molecule has 1 heterocycles. The third-order valence-electron chi connectivity index (χ3n) is 3.39. The lowest BCUT2D eigenvalue weighted by Crippen LogP contribution is -2.55. The molecule has 7 heteroatoms. The predicted molar refractivity (Wildman–Crippen MR) is 78.6 cm³/mol. The number of amides is 1. The van der Waals surface area contributed by atoms with Crippen LogP contribution in [-0.2, 0) is 4.79 Å². The molecule has 0 aromatic carbocycles. The molecule has 110 valence electrons. The van der Waals surface area contributed by atoms with E-state index in [1.165, 1.54) is 0 Å². The smallest absolute Gasteiger partial charge is 0.232 e. The van der Waals surface area contributed by atoms with Crippen LogP contribution >= 0.6 is 11.8 Å². The summed E-state index contributed by atoms with van der Waals surface area (Å²) in [5.74, 6) is 1.01. The van der Waals surface area contributed by atoms with Gasteiger partial charge in [0.25, 0.3) is 0 Å². The van der Waals surface area contributed by atoms with Crippen LogP contribution in [0.5, 0.6) is 0 Å². The summed E-state index contributed by atoms with van der Waals surface area (Å²) in [6.07, 6.45) is 3.78. The molecule has 0 aliphatic carbocycles. The van der Waals surface area contributed by atoms with Crippen molar-refractivity contribution in [2.45, 2.75) is 25.8 Å². The standard InChI is InChI=1S/C12H24N4O2S/c1-3-4-10(12(13)14-18)15-5-7-16(8-6-15)11(17)9-19-2/h10,18H,3-9H2,1-2H3,(H2,13,14). The van der Waals surface area contributed by atoms with Crippen molar-refractivity contribution in [1.29, 1.82) is 0 Å². The molecule has 1 atom stereocenters. The van der Waals surface area contributed by atoms with Gasteiger partial charge >= 0.3 is 0 Å². The lowest BCUT2D eigenvalue weighted by molar-refractivity contribution is -0.130. The third kappa shape index (κ3) is 4.58. The number of nitrogens with zero attached hydrogens (tertiary/aromatic N) is 3. The van der Waals surface area contributed by atoms with Crippen molar-refractivity contribution in [2.75, 3.05) is 38.2 Å². The number of carbonyl (C=O) groups excluding carboxylic acids is 1. The molecule has 1 saturated heterocycles. The summed E-state index contributed by atoms with van der Waals surface area (Å²) in [4.78, 5) is 15.9. The zero-order valence-electron chi connectivity index (χ0n) is 11.7. The van der Waals surface area contributed by atoms with Crippen molar-refractivity contribution < 1.29 is 10.0 Å². The zero-order chi connectivity index (χ0) is 14.3. The second kappa shape index (κ2) is 8.27. The van der Waals surface area contributed by atoms with Crippen LogP contribution in [0.15, 0.2) is 5.16 Å². The number of amidine groups is 1. The first-order chi connectivity index (χ1) is 9.13. The summed E-state index contributed by atoms with van der Waals surface area (Å²) in [6, 6.07) is -0.0206. The fourth-order valence-electron chi connectivity index (χ4n) is 2.36. The van der Waals surface area contributed by atoms with E-state index in [-0.39, 0.29) is 17.8 Å². The summed E-state index contributed by atoms with van der Waals surface area (Å²) in [7, 11) is 0. The molecule has 1 aliphatic rings. The average molecular weight is 288 g/mol. The van der Waals surface area contributed by atoms with Gasteiger partial charge in [-0.3, -0.25) is 9.69 Å². The Morgan fingerprint density at radius 3 is 2.53 bits per heavy atom. The molecule has 1 rings (SSSR count). The highest BCUT2D eigenvalue weighted by molar-refractivity contribution is 7.99. The van der Waals surface area contributed by atoms with Gasteiger partial charge in [0.1, 0.15) is 0 Å². The molecule has 3 N–H and O–H groups in total. The van der Waals surface area contributed by atoms with Crippen LogP contribution in [0.4, 0.5) is 0 Å². The Hall–Kier alpha value is -0.950. The van der Waals surface area contributed by atoms with Gasteiger partial charge in [-0.2, -0.15) is 11.8 Å². The van der Waals surface area contributed by atoms with Gasteiger partial charge in [-0.25, -0.2) is 0 Å². The van der Waals surface area contributed by atoms with E-state index in [4.69, 9.17) is 10.9 Å². The molecule has 0 radical (unpaired) electrons. The van der Waals surface area contributed by atoms with Crippen LogP contribution in [0.1, 0.15) is 19.8 Å². The molecular weight excluding hydrogens is 264 g/mol. The fourth-order valence-corrected chi connectivity index (χ4v) is 2.78. The number of carbonyl (C=O) groups is 1. The van der Waals surface area contributed by atoms with E-state index in [1.807, 2.05) is 11.2 Å². The molecule has 1 fully saturated rings. The molecule has 1 aliphatic heterocycles. The van der Waals surface area contributed by atoms with Crippen LogP contribution in [0.2, 0.25) is 0 Å². The first kappa shape index (κ1) is 16.1. The second-order valence-electron chi connectivity index (χ2n) is 4.68. The Kier molecular flexibility index (Phi) is 7.01. The summed E-state index contributed by atoms with van der Waals surface area (Å²) in [6.45, 7) is 5.08. The Bertz CT molecular complexity index is 317. The van der Waals surface area contributed by atoms with Gasteiger partial charge in [0, 0.05) is 26.2 Å². The molecule has 0 aromatic heterocycles. The van der Waals surface area contributed by atoms with E-state index in [0.717, 1.165) is 39.0 Å². The summed E-state index contributed by atoms with van der Waals surface area (Å²) in [5, 5.41) is 12.0. The Labute approximate surface area is 119 Å². The van der Waals surface area contributed by atoms with E-state index >= 15 is 0 Å². The molecule has 1 amide bonds. The molecular formula is C12H24N4O2S. The van der Waals surface area contributed by atoms with Crippen molar-refractivity contribution in [3.05, 3.63) is 0 Å². The second-order valence-corrected chi connectivity index (χ2v) is 5.55. The van der Waals surface area contributed by atoms with Crippen LogP contribution < -0.4 is 5.73 Å². The summed E-state index contributed by atoms with van der Waals surface area (Å²) < 4.78 is 0. The van der Waals surface area contributed by atoms with Crippen molar-refractivity contribution in [3.63, 3.8) is 0 Å². The summed E-state index contributed by atoms with van der Waals surface area (Å²) in [5.41, 5.74) is 5.75. The highest BCUT2D eigenvalue weighted by Crippen LogP contribution is 2.12. The Morgan fingerprint density at radius 2 is 2.05 bits per heavy atom. The van der Waals surface area contributed by atoms with Gasteiger partial charge < -0.3 is 15.8 Å². The predicted octanol–water partition coefficient (Wildman–Crippen LogP) is 0.409. The quantitative estimate of drug-likeness (QED) is 0.320. The number of hydrogen-bond acceptors (Lipinski definition) is 5. The fraction of sp³-hybridized carbons (Fsp3) is 0.833. The van der Waals surface area contributed by atoms with Gasteiger partial charge in [-0.05, 0) is 12.7 Å². The maximum atomic E-state index is 11.8. The van der Waals surface area contributed by atoms with Gasteiger partial charge in [0.15, 0.2) is 5.84 Å². The molecule has 19 heavy (non-hydrogen) atoms. The van der Waals surface area contributed by atoms with Crippen molar-refractivity contribution in [1.82, 2.24) is 9.80 Å². The Morgan fingerprint density at radius 1 is 1.42 bits per heavy atom. The minimum absolute atomic E-state index is 0.0206. The number of rotatable bonds is 6. The summed E-state index contributed by atoms with van der Waals surface area (Å²) >= 11 is 1.55. The van der Waals surface area contributed by atoms with Gasteiger partial charge in [-0.15, -0.1) is 0 Å². The molecule has 1 unspecified atom stereocenters. The molecule has 0 spiro atoms. The largest absolute Gasteiger partial charge is 0.409 e. The van der Waals surface area contributed by atoms with Crippen molar-refractivity contribution >= 4 is 23.5 Å².